The van der Waals surface area contributed by atoms with Gasteiger partial charge in [0.1, 0.15) is 0 Å². The molecule has 6 nitrogen and oxygen atoms in total. The summed E-state index contributed by atoms with van der Waals surface area (Å²) in [6.45, 7) is 5.38. The molecule has 2 aromatic carbocycles. The van der Waals surface area contributed by atoms with Crippen molar-refractivity contribution in [3.05, 3.63) is 65.7 Å². The first kappa shape index (κ1) is 21.5. The van der Waals surface area contributed by atoms with Crippen LogP contribution in [0.3, 0.4) is 0 Å². The quantitative estimate of drug-likeness (QED) is 0.489. The Morgan fingerprint density at radius 2 is 1.72 bits per heavy atom. The molecule has 29 heavy (non-hydrogen) atoms. The number of carbonyl (C=O) groups is 1. The molecule has 1 aliphatic heterocycles. The van der Waals surface area contributed by atoms with E-state index in [0.29, 0.717) is 32.8 Å². The van der Waals surface area contributed by atoms with Crippen LogP contribution in [0.4, 0.5) is 0 Å². The van der Waals surface area contributed by atoms with Gasteiger partial charge in [0.05, 0.1) is 17.1 Å². The first-order valence-electron chi connectivity index (χ1n) is 10.0. The Bertz CT molecular complexity index is 907. The number of esters is 1. The minimum absolute atomic E-state index is 0.138. The lowest BCUT2D eigenvalue weighted by molar-refractivity contribution is 0.0499. The summed E-state index contributed by atoms with van der Waals surface area (Å²) in [5, 5.41) is 0. The van der Waals surface area contributed by atoms with Crippen LogP contribution in [0.25, 0.3) is 0 Å². The fourth-order valence-corrected chi connectivity index (χ4v) is 4.76. The first-order valence-corrected chi connectivity index (χ1v) is 11.5. The van der Waals surface area contributed by atoms with Crippen molar-refractivity contribution >= 4 is 16.0 Å². The van der Waals surface area contributed by atoms with Crippen molar-refractivity contribution in [3.63, 3.8) is 0 Å². The average molecular weight is 417 g/mol. The Balaban J connectivity index is 1.62. The molecule has 0 aliphatic carbocycles. The highest BCUT2D eigenvalue weighted by Gasteiger charge is 2.29. The third-order valence-corrected chi connectivity index (χ3v) is 6.91. The molecule has 0 bridgehead atoms. The lowest BCUT2D eigenvalue weighted by atomic mass is 10.2. The fraction of sp³-hybridized carbons (Fsp3) is 0.409. The minimum Gasteiger partial charge on any atom is -0.462 e. The minimum atomic E-state index is -3.64. The van der Waals surface area contributed by atoms with Crippen LogP contribution in [0, 0.1) is 0 Å². The fourth-order valence-electron chi connectivity index (χ4n) is 3.29. The van der Waals surface area contributed by atoms with Crippen LogP contribution in [0.2, 0.25) is 0 Å². The standard InChI is InChI=1S/C22H28N2O4S/c1-2-3-16-28-22(25)20-10-7-11-21(17-20)29(26,27)24-14-12-23(13-15-24)18-19-8-5-4-6-9-19/h4-11,17H,2-3,12-16,18H2,1H3. The second kappa shape index (κ2) is 10.0. The zero-order valence-corrected chi connectivity index (χ0v) is 17.6. The predicted molar refractivity (Wildman–Crippen MR) is 112 cm³/mol. The Kier molecular flexibility index (Phi) is 7.41. The highest BCUT2D eigenvalue weighted by atomic mass is 32.2. The van der Waals surface area contributed by atoms with Crippen molar-refractivity contribution in [1.82, 2.24) is 9.21 Å². The summed E-state index contributed by atoms with van der Waals surface area (Å²) in [7, 11) is -3.64. The molecule has 0 atom stereocenters. The topological polar surface area (TPSA) is 66.9 Å². The zero-order chi connectivity index (χ0) is 20.7. The number of hydrogen-bond acceptors (Lipinski definition) is 5. The Morgan fingerprint density at radius 3 is 2.41 bits per heavy atom. The predicted octanol–water partition coefficient (Wildman–Crippen LogP) is 3.15. The number of unbranched alkanes of at least 4 members (excludes halogenated alkanes) is 1. The number of carbonyl (C=O) groups excluding carboxylic acids is 1. The van der Waals surface area contributed by atoms with Crippen LogP contribution < -0.4 is 0 Å². The van der Waals surface area contributed by atoms with E-state index in [0.717, 1.165) is 19.4 Å². The van der Waals surface area contributed by atoms with Crippen molar-refractivity contribution in [3.8, 4) is 0 Å². The van der Waals surface area contributed by atoms with E-state index in [4.69, 9.17) is 4.74 Å². The highest BCUT2D eigenvalue weighted by Crippen LogP contribution is 2.20. The SMILES string of the molecule is CCCCOC(=O)c1cccc(S(=O)(=O)N2CCN(Cc3ccccc3)CC2)c1. The summed E-state index contributed by atoms with van der Waals surface area (Å²) in [5.74, 6) is -0.483. The van der Waals surface area contributed by atoms with Gasteiger partial charge in [0.2, 0.25) is 10.0 Å². The van der Waals surface area contributed by atoms with Crippen molar-refractivity contribution in [2.24, 2.45) is 0 Å². The van der Waals surface area contributed by atoms with Crippen LogP contribution in [-0.4, -0.2) is 56.4 Å². The largest absolute Gasteiger partial charge is 0.462 e. The summed E-state index contributed by atoms with van der Waals surface area (Å²) in [4.78, 5) is 14.5. The first-order chi connectivity index (χ1) is 14.0. The van der Waals surface area contributed by atoms with E-state index in [1.807, 2.05) is 25.1 Å². The van der Waals surface area contributed by atoms with E-state index in [9.17, 15) is 13.2 Å². The molecule has 156 valence electrons. The van der Waals surface area contributed by atoms with Gasteiger partial charge in [-0.1, -0.05) is 49.7 Å². The Labute approximate surface area is 173 Å². The van der Waals surface area contributed by atoms with Crippen molar-refractivity contribution in [2.75, 3.05) is 32.8 Å². The molecule has 0 radical (unpaired) electrons. The number of sulfonamides is 1. The number of ether oxygens (including phenoxy) is 1. The van der Waals surface area contributed by atoms with Gasteiger partial charge in [0, 0.05) is 32.7 Å². The number of benzene rings is 2. The maximum absolute atomic E-state index is 13.0. The second-order valence-electron chi connectivity index (χ2n) is 7.18. The van der Waals surface area contributed by atoms with Crippen molar-refractivity contribution in [1.29, 1.82) is 0 Å². The van der Waals surface area contributed by atoms with E-state index in [1.54, 1.807) is 12.1 Å². The molecule has 0 unspecified atom stereocenters. The molecule has 1 saturated heterocycles. The van der Waals surface area contributed by atoms with Crippen LogP contribution in [0.1, 0.15) is 35.7 Å². The van der Waals surface area contributed by atoms with Gasteiger partial charge in [0.25, 0.3) is 0 Å². The maximum Gasteiger partial charge on any atom is 0.338 e. The van der Waals surface area contributed by atoms with Gasteiger partial charge in [-0.3, -0.25) is 4.90 Å². The molecule has 1 aliphatic rings. The third kappa shape index (κ3) is 5.65. The summed E-state index contributed by atoms with van der Waals surface area (Å²) in [6, 6.07) is 16.3. The van der Waals surface area contributed by atoms with E-state index in [2.05, 4.69) is 17.0 Å². The second-order valence-corrected chi connectivity index (χ2v) is 9.12. The molecule has 0 amide bonds. The Hall–Kier alpha value is -2.22. The van der Waals surface area contributed by atoms with Gasteiger partial charge in [-0.25, -0.2) is 13.2 Å². The van der Waals surface area contributed by atoms with Gasteiger partial charge in [-0.05, 0) is 30.2 Å². The number of hydrogen-bond donors (Lipinski definition) is 0. The number of nitrogens with zero attached hydrogens (tertiary/aromatic N) is 2. The van der Waals surface area contributed by atoms with E-state index in [-0.39, 0.29) is 10.5 Å². The summed E-state index contributed by atoms with van der Waals surface area (Å²) in [6.07, 6.45) is 1.72. The molecule has 1 fully saturated rings. The van der Waals surface area contributed by atoms with E-state index >= 15 is 0 Å². The van der Waals surface area contributed by atoms with Gasteiger partial charge in [0.15, 0.2) is 0 Å². The molecule has 0 aromatic heterocycles. The molecular weight excluding hydrogens is 388 g/mol. The zero-order valence-electron chi connectivity index (χ0n) is 16.8. The summed E-state index contributed by atoms with van der Waals surface area (Å²) >= 11 is 0. The molecule has 7 heteroatoms. The van der Waals surface area contributed by atoms with E-state index in [1.165, 1.54) is 22.0 Å². The molecule has 3 rings (SSSR count). The smallest absolute Gasteiger partial charge is 0.338 e. The number of rotatable bonds is 8. The molecule has 1 heterocycles. The van der Waals surface area contributed by atoms with Gasteiger partial charge in [-0.15, -0.1) is 0 Å². The van der Waals surface area contributed by atoms with Crippen molar-refractivity contribution < 1.29 is 17.9 Å². The van der Waals surface area contributed by atoms with Gasteiger partial charge < -0.3 is 4.74 Å². The molecule has 0 N–H and O–H groups in total. The van der Waals surface area contributed by atoms with Crippen molar-refractivity contribution in [2.45, 2.75) is 31.2 Å². The summed E-state index contributed by atoms with van der Waals surface area (Å²) < 4.78 is 32.8. The van der Waals surface area contributed by atoms with Gasteiger partial charge >= 0.3 is 5.97 Å². The van der Waals surface area contributed by atoms with E-state index < -0.39 is 16.0 Å². The monoisotopic (exact) mass is 416 g/mol. The van der Waals surface area contributed by atoms with Crippen LogP contribution in [0.15, 0.2) is 59.5 Å². The van der Waals surface area contributed by atoms with Gasteiger partial charge in [-0.2, -0.15) is 4.31 Å². The highest BCUT2D eigenvalue weighted by molar-refractivity contribution is 7.89. The lowest BCUT2D eigenvalue weighted by Gasteiger charge is -2.34. The normalized spacial score (nSPS) is 15.9. The molecular formula is C22H28N2O4S. The summed E-state index contributed by atoms with van der Waals surface area (Å²) in [5.41, 5.74) is 1.49. The maximum atomic E-state index is 13.0. The molecule has 0 saturated carbocycles. The molecule has 2 aromatic rings. The lowest BCUT2D eigenvalue weighted by Crippen LogP contribution is -2.48. The average Bonchev–Trinajstić information content (AvgIpc) is 2.75. The molecule has 0 spiro atoms. The number of piperazine rings is 1. The van der Waals surface area contributed by atoms with Crippen LogP contribution >= 0.6 is 0 Å². The third-order valence-electron chi connectivity index (χ3n) is 5.02. The van der Waals surface area contributed by atoms with Crippen LogP contribution in [0.5, 0.6) is 0 Å². The Morgan fingerprint density at radius 1 is 1.00 bits per heavy atom. The van der Waals surface area contributed by atoms with Crippen LogP contribution in [-0.2, 0) is 21.3 Å².